The molecule has 0 bridgehead atoms. The Labute approximate surface area is 225 Å². The molecule has 2 aliphatic heterocycles. The van der Waals surface area contributed by atoms with E-state index < -0.39 is 5.60 Å². The normalized spacial score (nSPS) is 19.3. The van der Waals surface area contributed by atoms with E-state index >= 15 is 0 Å². The van der Waals surface area contributed by atoms with Gasteiger partial charge in [-0.2, -0.15) is 0 Å². The molecule has 0 aliphatic carbocycles. The van der Waals surface area contributed by atoms with E-state index in [1.165, 1.54) is 17.0 Å². The van der Waals surface area contributed by atoms with Crippen LogP contribution in [0.1, 0.15) is 37.7 Å². The number of carbonyl (C=O) groups is 1. The average Bonchev–Trinajstić information content (AvgIpc) is 2.92. The summed E-state index contributed by atoms with van der Waals surface area (Å²) in [6.45, 7) is 10.6. The molecule has 1 atom stereocenters. The van der Waals surface area contributed by atoms with Gasteiger partial charge in [-0.3, -0.25) is 24.0 Å². The second-order valence-corrected chi connectivity index (χ2v) is 10.8. The van der Waals surface area contributed by atoms with E-state index in [-0.39, 0.29) is 23.9 Å². The van der Waals surface area contributed by atoms with Gasteiger partial charge in [-0.05, 0) is 24.3 Å². The molecule has 10 nitrogen and oxygen atoms in total. The van der Waals surface area contributed by atoms with Crippen molar-refractivity contribution in [2.45, 2.75) is 44.2 Å². The van der Waals surface area contributed by atoms with Crippen molar-refractivity contribution < 1.29 is 9.90 Å². The van der Waals surface area contributed by atoms with Gasteiger partial charge in [0.05, 0.1) is 18.5 Å². The summed E-state index contributed by atoms with van der Waals surface area (Å²) < 4.78 is 1.47. The largest absolute Gasteiger partial charge is 0.388 e. The second-order valence-electron chi connectivity index (χ2n) is 10.8. The minimum absolute atomic E-state index is 0.107. The van der Waals surface area contributed by atoms with Gasteiger partial charge in [0.15, 0.2) is 0 Å². The molecule has 2 aromatic rings. The summed E-state index contributed by atoms with van der Waals surface area (Å²) in [6, 6.07) is 11.5. The van der Waals surface area contributed by atoms with Crippen molar-refractivity contribution in [3.8, 4) is 0 Å². The quantitative estimate of drug-likeness (QED) is 0.394. The van der Waals surface area contributed by atoms with Gasteiger partial charge in [-0.1, -0.05) is 37.3 Å². The zero-order valence-corrected chi connectivity index (χ0v) is 22.6. The fraction of sp³-hybridized carbons (Fsp3) is 0.607. The summed E-state index contributed by atoms with van der Waals surface area (Å²) in [5.41, 5.74) is 5.57. The lowest BCUT2D eigenvalue weighted by atomic mass is 9.90. The van der Waals surface area contributed by atoms with E-state index in [9.17, 15) is 14.7 Å². The molecule has 10 heteroatoms. The van der Waals surface area contributed by atoms with Crippen LogP contribution in [-0.2, 0) is 11.3 Å². The zero-order valence-electron chi connectivity index (χ0n) is 22.6. The zero-order chi connectivity index (χ0) is 27.0. The van der Waals surface area contributed by atoms with Crippen molar-refractivity contribution in [2.24, 2.45) is 5.73 Å². The van der Waals surface area contributed by atoms with Gasteiger partial charge in [-0.15, -0.1) is 0 Å². The molecule has 3 heterocycles. The first kappa shape index (κ1) is 28.2. The van der Waals surface area contributed by atoms with E-state index in [1.54, 1.807) is 0 Å². The van der Waals surface area contributed by atoms with Crippen LogP contribution in [0.2, 0.25) is 0 Å². The SMILES string of the molecule is C[C@H](CC(=O)N1CCC(O)(Cn2cnc(NCCN3CCN(CCN)CC3)cc2=O)CC1)c1ccccc1. The van der Waals surface area contributed by atoms with Crippen molar-refractivity contribution in [1.29, 1.82) is 0 Å². The van der Waals surface area contributed by atoms with Gasteiger partial charge in [-0.25, -0.2) is 4.98 Å². The molecule has 4 rings (SSSR count). The smallest absolute Gasteiger partial charge is 0.255 e. The Bertz CT molecular complexity index is 1080. The molecule has 1 aromatic carbocycles. The molecule has 208 valence electrons. The van der Waals surface area contributed by atoms with Gasteiger partial charge in [0.25, 0.3) is 5.56 Å². The Morgan fingerprint density at radius 1 is 1.08 bits per heavy atom. The Hall–Kier alpha value is -2.79. The van der Waals surface area contributed by atoms with Crippen LogP contribution >= 0.6 is 0 Å². The number of amides is 1. The molecule has 0 radical (unpaired) electrons. The molecular formula is C28H43N7O3. The van der Waals surface area contributed by atoms with E-state index in [2.05, 4.69) is 27.0 Å². The summed E-state index contributed by atoms with van der Waals surface area (Å²) in [4.78, 5) is 36.6. The molecule has 0 saturated carbocycles. The summed E-state index contributed by atoms with van der Waals surface area (Å²) in [6.07, 6.45) is 2.82. The molecule has 2 fully saturated rings. The Balaban J connectivity index is 1.20. The monoisotopic (exact) mass is 525 g/mol. The van der Waals surface area contributed by atoms with Gasteiger partial charge in [0.1, 0.15) is 5.82 Å². The Morgan fingerprint density at radius 3 is 2.37 bits per heavy atom. The summed E-state index contributed by atoms with van der Waals surface area (Å²) in [5, 5.41) is 14.4. The van der Waals surface area contributed by atoms with Crippen LogP contribution in [0.25, 0.3) is 0 Å². The maximum Gasteiger partial charge on any atom is 0.255 e. The number of nitrogens with two attached hydrogens (primary N) is 1. The summed E-state index contributed by atoms with van der Waals surface area (Å²) in [7, 11) is 0. The maximum absolute atomic E-state index is 12.8. The van der Waals surface area contributed by atoms with Gasteiger partial charge < -0.3 is 21.1 Å². The van der Waals surface area contributed by atoms with Crippen molar-refractivity contribution in [2.75, 3.05) is 70.8 Å². The number of benzene rings is 1. The lowest BCUT2D eigenvalue weighted by molar-refractivity contribution is -0.136. The highest BCUT2D eigenvalue weighted by Crippen LogP contribution is 2.26. The molecule has 2 saturated heterocycles. The lowest BCUT2D eigenvalue weighted by Crippen LogP contribution is -2.49. The Kier molecular flexibility index (Phi) is 9.90. The van der Waals surface area contributed by atoms with Crippen LogP contribution in [0.3, 0.4) is 0 Å². The highest BCUT2D eigenvalue weighted by atomic mass is 16.3. The number of rotatable bonds is 11. The van der Waals surface area contributed by atoms with Crippen LogP contribution in [0, 0.1) is 0 Å². The van der Waals surface area contributed by atoms with Crippen molar-refractivity contribution in [3.05, 3.63) is 58.6 Å². The van der Waals surface area contributed by atoms with E-state index in [4.69, 9.17) is 5.73 Å². The highest BCUT2D eigenvalue weighted by molar-refractivity contribution is 5.77. The standard InChI is InChI=1S/C28H43N7O3/c1-23(24-5-3-2-4-6-24)19-26(36)34-11-7-28(38,8-12-34)21-35-22-31-25(20-27(35)37)30-10-14-33-17-15-32(13-9-29)16-18-33/h2-6,20,22-23,30,38H,7-19,21,29H2,1H3/t23-/m1/s1. The number of carbonyl (C=O) groups excluding carboxylic acids is 1. The minimum Gasteiger partial charge on any atom is -0.388 e. The number of hydrogen-bond donors (Lipinski definition) is 3. The number of hydrogen-bond acceptors (Lipinski definition) is 8. The summed E-state index contributed by atoms with van der Waals surface area (Å²) in [5.74, 6) is 0.802. The van der Waals surface area contributed by atoms with Crippen LogP contribution in [0.5, 0.6) is 0 Å². The van der Waals surface area contributed by atoms with Crippen molar-refractivity contribution in [1.82, 2.24) is 24.3 Å². The number of anilines is 1. The first-order valence-corrected chi connectivity index (χ1v) is 13.9. The molecule has 38 heavy (non-hydrogen) atoms. The predicted octanol–water partition coefficient (Wildman–Crippen LogP) is 0.779. The highest BCUT2D eigenvalue weighted by Gasteiger charge is 2.35. The second kappa shape index (κ2) is 13.3. The van der Waals surface area contributed by atoms with Crippen LogP contribution in [0.15, 0.2) is 47.5 Å². The Morgan fingerprint density at radius 2 is 1.74 bits per heavy atom. The fourth-order valence-electron chi connectivity index (χ4n) is 5.34. The van der Waals surface area contributed by atoms with Crippen LogP contribution in [0.4, 0.5) is 5.82 Å². The molecule has 1 aromatic heterocycles. The third-order valence-electron chi connectivity index (χ3n) is 7.88. The number of piperazine rings is 1. The molecular weight excluding hydrogens is 482 g/mol. The number of nitrogens with zero attached hydrogens (tertiary/aromatic N) is 5. The third-order valence-corrected chi connectivity index (χ3v) is 7.88. The number of nitrogens with one attached hydrogen (secondary N) is 1. The van der Waals surface area contributed by atoms with Gasteiger partial charge in [0, 0.05) is 77.9 Å². The maximum atomic E-state index is 12.8. The molecule has 4 N–H and O–H groups in total. The molecule has 2 aliphatic rings. The number of aromatic nitrogens is 2. The number of aliphatic hydroxyl groups is 1. The first-order chi connectivity index (χ1) is 18.3. The lowest BCUT2D eigenvalue weighted by Gasteiger charge is -2.38. The average molecular weight is 526 g/mol. The molecule has 0 unspecified atom stereocenters. The number of likely N-dealkylation sites (tertiary alicyclic amines) is 1. The topological polar surface area (TPSA) is 120 Å². The predicted molar refractivity (Wildman–Crippen MR) is 149 cm³/mol. The summed E-state index contributed by atoms with van der Waals surface area (Å²) >= 11 is 0. The van der Waals surface area contributed by atoms with Crippen molar-refractivity contribution in [3.63, 3.8) is 0 Å². The third kappa shape index (κ3) is 7.86. The number of piperidine rings is 1. The van der Waals surface area contributed by atoms with Gasteiger partial charge in [0.2, 0.25) is 5.91 Å². The van der Waals surface area contributed by atoms with Crippen LogP contribution < -0.4 is 16.6 Å². The molecule has 1 amide bonds. The van der Waals surface area contributed by atoms with Crippen LogP contribution in [-0.4, -0.2) is 106 Å². The van der Waals surface area contributed by atoms with Crippen molar-refractivity contribution >= 4 is 11.7 Å². The van der Waals surface area contributed by atoms with E-state index in [0.717, 1.165) is 44.8 Å². The van der Waals surface area contributed by atoms with Gasteiger partial charge >= 0.3 is 0 Å². The van der Waals surface area contributed by atoms with E-state index in [1.807, 2.05) is 35.2 Å². The minimum atomic E-state index is -1.03. The molecule has 0 spiro atoms. The first-order valence-electron chi connectivity index (χ1n) is 13.9. The van der Waals surface area contributed by atoms with E-state index in [0.29, 0.717) is 51.3 Å². The fourth-order valence-corrected chi connectivity index (χ4v) is 5.34.